The summed E-state index contributed by atoms with van der Waals surface area (Å²) < 4.78 is 10.1. The van der Waals surface area contributed by atoms with Crippen LogP contribution in [0.3, 0.4) is 0 Å². The van der Waals surface area contributed by atoms with Crippen LogP contribution in [0.5, 0.6) is 5.75 Å². The molecule has 0 amide bonds. The summed E-state index contributed by atoms with van der Waals surface area (Å²) in [5.41, 5.74) is 1.90. The van der Waals surface area contributed by atoms with Crippen LogP contribution < -0.4 is 14.8 Å². The van der Waals surface area contributed by atoms with Crippen LogP contribution in [-0.4, -0.2) is 21.5 Å². The quantitative estimate of drug-likeness (QED) is 0.380. The molecule has 0 aliphatic rings. The highest BCUT2D eigenvalue weighted by atomic mass is 79.9. The number of benzene rings is 1. The van der Waals surface area contributed by atoms with Crippen molar-refractivity contribution in [3.05, 3.63) is 58.3 Å². The van der Waals surface area contributed by atoms with Gasteiger partial charge in [-0.1, -0.05) is 27.3 Å². The van der Waals surface area contributed by atoms with E-state index in [1.807, 2.05) is 18.2 Å². The SMILES string of the molecule is COc1c(Br)cc(Br)cc1/C=c1\sc2nc3cc(Br)cnc3n2c1=O. The second-order valence-corrected chi connectivity index (χ2v) is 8.85. The highest BCUT2D eigenvalue weighted by Crippen LogP contribution is 2.33. The number of rotatable bonds is 2. The van der Waals surface area contributed by atoms with Crippen molar-refractivity contribution in [1.82, 2.24) is 14.4 Å². The second-order valence-electron chi connectivity index (χ2n) is 5.15. The summed E-state index contributed by atoms with van der Waals surface area (Å²) in [5.74, 6) is 0.667. The van der Waals surface area contributed by atoms with Gasteiger partial charge in [0.15, 0.2) is 10.6 Å². The zero-order chi connectivity index (χ0) is 17.7. The Hall–Kier alpha value is -1.29. The van der Waals surface area contributed by atoms with Gasteiger partial charge < -0.3 is 4.74 Å². The predicted molar refractivity (Wildman–Crippen MR) is 110 cm³/mol. The number of ether oxygens (including phenoxy) is 1. The molecular formula is C16H8Br3N3O2S. The lowest BCUT2D eigenvalue weighted by molar-refractivity contribution is 0.411. The lowest BCUT2D eigenvalue weighted by atomic mass is 10.2. The van der Waals surface area contributed by atoms with E-state index in [-0.39, 0.29) is 5.56 Å². The summed E-state index contributed by atoms with van der Waals surface area (Å²) in [5, 5.41) is 0. The molecule has 0 saturated heterocycles. The van der Waals surface area contributed by atoms with Gasteiger partial charge in [0.2, 0.25) is 0 Å². The van der Waals surface area contributed by atoms with Crippen LogP contribution in [0.2, 0.25) is 0 Å². The fourth-order valence-electron chi connectivity index (χ4n) is 2.56. The topological polar surface area (TPSA) is 56.5 Å². The standard InChI is InChI=1S/C16H8Br3N3O2S/c1-24-13-7(2-8(17)4-10(13)19)3-12-15(23)22-14-11(21-16(22)25-12)5-9(18)6-20-14/h2-6H,1H3/b12-3-. The normalized spacial score (nSPS) is 12.4. The number of aromatic nitrogens is 3. The van der Waals surface area contributed by atoms with Crippen molar-refractivity contribution in [1.29, 1.82) is 0 Å². The Morgan fingerprint density at radius 1 is 1.20 bits per heavy atom. The molecule has 25 heavy (non-hydrogen) atoms. The fourth-order valence-corrected chi connectivity index (χ4v) is 5.26. The maximum atomic E-state index is 12.8. The zero-order valence-corrected chi connectivity index (χ0v) is 18.2. The number of hydrogen-bond donors (Lipinski definition) is 0. The molecule has 0 atom stereocenters. The Morgan fingerprint density at radius 3 is 2.76 bits per heavy atom. The van der Waals surface area contributed by atoms with Crippen LogP contribution in [-0.2, 0) is 0 Å². The lowest BCUT2D eigenvalue weighted by Crippen LogP contribution is -2.23. The summed E-state index contributed by atoms with van der Waals surface area (Å²) in [4.78, 5) is 22.3. The van der Waals surface area contributed by atoms with Gasteiger partial charge in [-0.3, -0.25) is 4.79 Å². The van der Waals surface area contributed by atoms with Gasteiger partial charge in [-0.2, -0.15) is 0 Å². The molecule has 0 N–H and O–H groups in total. The van der Waals surface area contributed by atoms with Crippen LogP contribution in [0.4, 0.5) is 0 Å². The molecular weight excluding hydrogens is 538 g/mol. The molecule has 1 aromatic carbocycles. The van der Waals surface area contributed by atoms with Gasteiger partial charge >= 0.3 is 0 Å². The van der Waals surface area contributed by atoms with Crippen molar-refractivity contribution >= 4 is 81.3 Å². The van der Waals surface area contributed by atoms with E-state index < -0.39 is 0 Å². The average molecular weight is 546 g/mol. The van der Waals surface area contributed by atoms with E-state index in [1.165, 1.54) is 15.7 Å². The average Bonchev–Trinajstić information content (AvgIpc) is 3.03. The van der Waals surface area contributed by atoms with Gasteiger partial charge in [-0.15, -0.1) is 0 Å². The Kier molecular flexibility index (Phi) is 4.43. The maximum absolute atomic E-state index is 12.8. The monoisotopic (exact) mass is 543 g/mol. The fraction of sp³-hybridized carbons (Fsp3) is 0.0625. The third kappa shape index (κ3) is 2.92. The molecule has 126 valence electrons. The minimum absolute atomic E-state index is 0.143. The van der Waals surface area contributed by atoms with E-state index in [0.29, 0.717) is 26.4 Å². The number of halogens is 3. The van der Waals surface area contributed by atoms with Crippen LogP contribution in [0, 0.1) is 0 Å². The number of pyridine rings is 1. The molecule has 5 nitrogen and oxygen atoms in total. The number of nitrogens with zero attached hydrogens (tertiary/aromatic N) is 3. The number of thiazole rings is 1. The molecule has 3 aromatic heterocycles. The first-order chi connectivity index (χ1) is 12.0. The van der Waals surface area contributed by atoms with Crippen LogP contribution in [0.15, 0.2) is 42.6 Å². The van der Waals surface area contributed by atoms with Gasteiger partial charge in [-0.25, -0.2) is 14.4 Å². The summed E-state index contributed by atoms with van der Waals surface area (Å²) in [7, 11) is 1.60. The van der Waals surface area contributed by atoms with Crippen molar-refractivity contribution in [2.45, 2.75) is 0 Å². The van der Waals surface area contributed by atoms with E-state index >= 15 is 0 Å². The first kappa shape index (κ1) is 17.1. The molecule has 0 radical (unpaired) electrons. The summed E-state index contributed by atoms with van der Waals surface area (Å²) >= 11 is 11.6. The number of imidazole rings is 1. The van der Waals surface area contributed by atoms with Crippen molar-refractivity contribution < 1.29 is 4.74 Å². The minimum atomic E-state index is -0.143. The molecule has 0 bridgehead atoms. The van der Waals surface area contributed by atoms with Crippen molar-refractivity contribution in [2.75, 3.05) is 7.11 Å². The zero-order valence-electron chi connectivity index (χ0n) is 12.6. The van der Waals surface area contributed by atoms with Gasteiger partial charge in [0.1, 0.15) is 11.3 Å². The molecule has 4 rings (SSSR count). The van der Waals surface area contributed by atoms with Crippen molar-refractivity contribution in [2.24, 2.45) is 0 Å². The van der Waals surface area contributed by atoms with Crippen LogP contribution in [0.25, 0.3) is 22.2 Å². The van der Waals surface area contributed by atoms with Gasteiger partial charge in [0, 0.05) is 20.7 Å². The molecule has 0 fully saturated rings. The maximum Gasteiger partial charge on any atom is 0.276 e. The molecule has 9 heteroatoms. The molecule has 4 aromatic rings. The number of methoxy groups -OCH3 is 1. The second kappa shape index (κ2) is 6.46. The third-order valence-corrected chi connectivity index (χ3v) is 6.03. The van der Waals surface area contributed by atoms with Gasteiger partial charge in [0.25, 0.3) is 5.56 Å². The summed E-state index contributed by atoms with van der Waals surface area (Å²) in [6.07, 6.45) is 3.46. The van der Waals surface area contributed by atoms with Gasteiger partial charge in [-0.05, 0) is 56.1 Å². The highest BCUT2D eigenvalue weighted by Gasteiger charge is 2.14. The summed E-state index contributed by atoms with van der Waals surface area (Å²) in [6.45, 7) is 0. The van der Waals surface area contributed by atoms with Crippen molar-refractivity contribution in [3.63, 3.8) is 0 Å². The third-order valence-electron chi connectivity index (χ3n) is 3.58. The van der Waals surface area contributed by atoms with Crippen LogP contribution in [0.1, 0.15) is 5.56 Å². The van der Waals surface area contributed by atoms with Gasteiger partial charge in [0.05, 0.1) is 16.1 Å². The Bertz CT molecular complexity index is 1250. The van der Waals surface area contributed by atoms with E-state index in [2.05, 4.69) is 57.8 Å². The Morgan fingerprint density at radius 2 is 2.00 bits per heavy atom. The number of hydrogen-bond acceptors (Lipinski definition) is 5. The molecule has 0 unspecified atom stereocenters. The van der Waals surface area contributed by atoms with E-state index in [1.54, 1.807) is 19.4 Å². The van der Waals surface area contributed by atoms with E-state index in [4.69, 9.17) is 4.74 Å². The first-order valence-corrected chi connectivity index (χ1v) is 10.2. The molecule has 0 saturated carbocycles. The molecule has 3 heterocycles. The Balaban J connectivity index is 2.01. The smallest absolute Gasteiger partial charge is 0.276 e. The Labute approximate surface area is 170 Å². The van der Waals surface area contributed by atoms with Crippen LogP contribution >= 0.6 is 59.1 Å². The lowest BCUT2D eigenvalue weighted by Gasteiger charge is -2.07. The predicted octanol–water partition coefficient (Wildman–Crippen LogP) is 4.15. The highest BCUT2D eigenvalue weighted by molar-refractivity contribution is 9.11. The first-order valence-electron chi connectivity index (χ1n) is 6.99. The van der Waals surface area contributed by atoms with E-state index in [9.17, 15) is 4.79 Å². The molecule has 0 aliphatic carbocycles. The summed E-state index contributed by atoms with van der Waals surface area (Å²) in [6, 6.07) is 5.64. The molecule has 0 spiro atoms. The van der Waals surface area contributed by atoms with Crippen molar-refractivity contribution in [3.8, 4) is 5.75 Å². The molecule has 0 aliphatic heterocycles. The number of fused-ring (bicyclic) bond motifs is 3. The minimum Gasteiger partial charge on any atom is -0.495 e. The van der Waals surface area contributed by atoms with E-state index in [0.717, 1.165) is 19.0 Å². The largest absolute Gasteiger partial charge is 0.495 e.